The Bertz CT molecular complexity index is 313. The van der Waals surface area contributed by atoms with Crippen molar-refractivity contribution in [1.29, 1.82) is 0 Å². The molecule has 1 aromatic carbocycles. The molecule has 4 heteroatoms. The van der Waals surface area contributed by atoms with E-state index < -0.39 is 0 Å². The minimum Gasteiger partial charge on any atom is -0.492 e. The van der Waals surface area contributed by atoms with Gasteiger partial charge in [-0.1, -0.05) is 18.2 Å². The van der Waals surface area contributed by atoms with Gasteiger partial charge in [0.1, 0.15) is 12.4 Å². The van der Waals surface area contributed by atoms with Crippen molar-refractivity contribution in [2.24, 2.45) is 11.7 Å². The fourth-order valence-electron chi connectivity index (χ4n) is 2.26. The lowest BCUT2D eigenvalue weighted by Gasteiger charge is -2.31. The molecular formula is C14H23ClN2O. The largest absolute Gasteiger partial charge is 0.492 e. The van der Waals surface area contributed by atoms with Crippen LogP contribution in [0.15, 0.2) is 30.3 Å². The maximum atomic E-state index is 5.70. The molecule has 18 heavy (non-hydrogen) atoms. The van der Waals surface area contributed by atoms with E-state index in [4.69, 9.17) is 10.5 Å². The van der Waals surface area contributed by atoms with Crippen molar-refractivity contribution in [3.05, 3.63) is 30.3 Å². The standard InChI is InChI=1S/C14H22N2O.ClH/c15-12-13-6-8-16(9-7-13)10-11-17-14-4-2-1-3-5-14;/h1-5,13H,6-12,15H2;1H. The van der Waals surface area contributed by atoms with Crippen molar-refractivity contribution in [3.8, 4) is 5.75 Å². The highest BCUT2D eigenvalue weighted by molar-refractivity contribution is 5.85. The Labute approximate surface area is 116 Å². The van der Waals surface area contributed by atoms with Gasteiger partial charge >= 0.3 is 0 Å². The number of halogens is 1. The molecule has 1 aliphatic rings. The summed E-state index contributed by atoms with van der Waals surface area (Å²) in [5.74, 6) is 1.70. The van der Waals surface area contributed by atoms with Crippen molar-refractivity contribution in [2.75, 3.05) is 32.8 Å². The van der Waals surface area contributed by atoms with Gasteiger partial charge in [-0.3, -0.25) is 4.90 Å². The van der Waals surface area contributed by atoms with Gasteiger partial charge in [0, 0.05) is 6.54 Å². The maximum absolute atomic E-state index is 5.70. The summed E-state index contributed by atoms with van der Waals surface area (Å²) in [5, 5.41) is 0. The van der Waals surface area contributed by atoms with Crippen molar-refractivity contribution < 1.29 is 4.74 Å². The van der Waals surface area contributed by atoms with Crippen LogP contribution in [0.2, 0.25) is 0 Å². The Morgan fingerprint density at radius 1 is 1.17 bits per heavy atom. The van der Waals surface area contributed by atoms with Crippen molar-refractivity contribution in [2.45, 2.75) is 12.8 Å². The zero-order valence-corrected chi connectivity index (χ0v) is 11.6. The van der Waals surface area contributed by atoms with Gasteiger partial charge in [-0.25, -0.2) is 0 Å². The zero-order chi connectivity index (χ0) is 11.9. The Kier molecular flexibility index (Phi) is 7.09. The van der Waals surface area contributed by atoms with E-state index in [2.05, 4.69) is 4.90 Å². The number of ether oxygens (including phenoxy) is 1. The molecule has 0 amide bonds. The van der Waals surface area contributed by atoms with E-state index in [0.717, 1.165) is 31.4 Å². The van der Waals surface area contributed by atoms with Gasteiger partial charge < -0.3 is 10.5 Å². The molecule has 0 aromatic heterocycles. The first-order valence-electron chi connectivity index (χ1n) is 6.49. The van der Waals surface area contributed by atoms with Gasteiger partial charge in [-0.15, -0.1) is 12.4 Å². The highest BCUT2D eigenvalue weighted by Gasteiger charge is 2.17. The third-order valence-electron chi connectivity index (χ3n) is 3.46. The number of piperidine rings is 1. The molecule has 3 nitrogen and oxygen atoms in total. The number of nitrogens with zero attached hydrogens (tertiary/aromatic N) is 1. The molecule has 2 N–H and O–H groups in total. The summed E-state index contributed by atoms with van der Waals surface area (Å²) >= 11 is 0. The second kappa shape index (κ2) is 8.35. The van der Waals surface area contributed by atoms with Crippen LogP contribution < -0.4 is 10.5 Å². The highest BCUT2D eigenvalue weighted by Crippen LogP contribution is 2.15. The maximum Gasteiger partial charge on any atom is 0.119 e. The number of rotatable bonds is 5. The molecule has 1 heterocycles. The second-order valence-corrected chi connectivity index (χ2v) is 4.68. The smallest absolute Gasteiger partial charge is 0.119 e. The number of benzene rings is 1. The summed E-state index contributed by atoms with van der Waals surface area (Å²) < 4.78 is 5.70. The number of para-hydroxylation sites is 1. The number of hydrogen-bond donors (Lipinski definition) is 1. The van der Waals surface area contributed by atoms with Crippen LogP contribution in [0.5, 0.6) is 5.75 Å². The molecule has 1 aliphatic heterocycles. The number of nitrogens with two attached hydrogens (primary N) is 1. The molecule has 0 bridgehead atoms. The lowest BCUT2D eigenvalue weighted by molar-refractivity contribution is 0.157. The minimum absolute atomic E-state index is 0. The molecule has 0 unspecified atom stereocenters. The summed E-state index contributed by atoms with van der Waals surface area (Å²) in [6.45, 7) is 4.97. The summed E-state index contributed by atoms with van der Waals surface area (Å²) in [4.78, 5) is 2.47. The predicted molar refractivity (Wildman–Crippen MR) is 77.4 cm³/mol. The van der Waals surface area contributed by atoms with Crippen LogP contribution >= 0.6 is 12.4 Å². The van der Waals surface area contributed by atoms with Crippen molar-refractivity contribution in [3.63, 3.8) is 0 Å². The summed E-state index contributed by atoms with van der Waals surface area (Å²) in [5.41, 5.74) is 5.68. The van der Waals surface area contributed by atoms with E-state index >= 15 is 0 Å². The van der Waals surface area contributed by atoms with Crippen LogP contribution in [0.25, 0.3) is 0 Å². The number of likely N-dealkylation sites (tertiary alicyclic amines) is 1. The highest BCUT2D eigenvalue weighted by atomic mass is 35.5. The summed E-state index contributed by atoms with van der Waals surface area (Å²) in [6, 6.07) is 10.0. The van der Waals surface area contributed by atoms with Gasteiger partial charge in [-0.05, 0) is 50.5 Å². The average Bonchev–Trinajstić information content (AvgIpc) is 2.41. The Balaban J connectivity index is 0.00000162. The van der Waals surface area contributed by atoms with Crippen LogP contribution in [0.3, 0.4) is 0 Å². The fraction of sp³-hybridized carbons (Fsp3) is 0.571. The molecule has 1 fully saturated rings. The molecular weight excluding hydrogens is 248 g/mol. The van der Waals surface area contributed by atoms with Crippen LogP contribution in [0, 0.1) is 5.92 Å². The molecule has 1 saturated heterocycles. The van der Waals surface area contributed by atoms with E-state index in [-0.39, 0.29) is 12.4 Å². The summed E-state index contributed by atoms with van der Waals surface area (Å²) in [7, 11) is 0. The molecule has 0 saturated carbocycles. The SMILES string of the molecule is Cl.NCC1CCN(CCOc2ccccc2)CC1. The minimum atomic E-state index is 0. The molecule has 0 atom stereocenters. The lowest BCUT2D eigenvalue weighted by Crippen LogP contribution is -2.38. The normalized spacial score (nSPS) is 17.2. The van der Waals surface area contributed by atoms with E-state index in [1.807, 2.05) is 30.3 Å². The quantitative estimate of drug-likeness (QED) is 0.891. The molecule has 1 aromatic rings. The predicted octanol–water partition coefficient (Wildman–Crippen LogP) is 2.16. The third kappa shape index (κ3) is 4.84. The van der Waals surface area contributed by atoms with E-state index in [0.29, 0.717) is 0 Å². The summed E-state index contributed by atoms with van der Waals surface area (Å²) in [6.07, 6.45) is 2.48. The van der Waals surface area contributed by atoms with Crippen molar-refractivity contribution in [1.82, 2.24) is 4.90 Å². The monoisotopic (exact) mass is 270 g/mol. The Hall–Kier alpha value is -0.770. The Morgan fingerprint density at radius 3 is 2.44 bits per heavy atom. The van der Waals surface area contributed by atoms with Crippen LogP contribution in [0.4, 0.5) is 0 Å². The fourth-order valence-corrected chi connectivity index (χ4v) is 2.26. The topological polar surface area (TPSA) is 38.5 Å². The number of hydrogen-bond acceptors (Lipinski definition) is 3. The van der Waals surface area contributed by atoms with Crippen molar-refractivity contribution >= 4 is 12.4 Å². The molecule has 0 radical (unpaired) electrons. The van der Waals surface area contributed by atoms with Crippen LogP contribution in [-0.4, -0.2) is 37.7 Å². The van der Waals surface area contributed by atoms with Gasteiger partial charge in [-0.2, -0.15) is 0 Å². The first kappa shape index (κ1) is 15.3. The third-order valence-corrected chi connectivity index (χ3v) is 3.46. The van der Waals surface area contributed by atoms with E-state index in [1.54, 1.807) is 0 Å². The average molecular weight is 271 g/mol. The van der Waals surface area contributed by atoms with E-state index in [9.17, 15) is 0 Å². The molecule has 2 rings (SSSR count). The van der Waals surface area contributed by atoms with Gasteiger partial charge in [0.05, 0.1) is 0 Å². The van der Waals surface area contributed by atoms with Gasteiger partial charge in [0.15, 0.2) is 0 Å². The van der Waals surface area contributed by atoms with Crippen LogP contribution in [0.1, 0.15) is 12.8 Å². The lowest BCUT2D eigenvalue weighted by atomic mass is 9.97. The first-order valence-corrected chi connectivity index (χ1v) is 6.49. The molecule has 0 spiro atoms. The Morgan fingerprint density at radius 2 is 1.83 bits per heavy atom. The molecule has 102 valence electrons. The molecule has 0 aliphatic carbocycles. The van der Waals surface area contributed by atoms with Crippen LogP contribution in [-0.2, 0) is 0 Å². The van der Waals surface area contributed by atoms with E-state index in [1.165, 1.54) is 25.9 Å². The zero-order valence-electron chi connectivity index (χ0n) is 10.8. The van der Waals surface area contributed by atoms with Gasteiger partial charge in [0.25, 0.3) is 0 Å². The second-order valence-electron chi connectivity index (χ2n) is 4.68. The van der Waals surface area contributed by atoms with Gasteiger partial charge in [0.2, 0.25) is 0 Å². The first-order chi connectivity index (χ1) is 8.38.